The number of anilines is 1. The number of para-hydroxylation sites is 1. The Labute approximate surface area is 195 Å². The average Bonchev–Trinajstić information content (AvgIpc) is 2.84. The number of ketones is 1. The number of allylic oxidation sites excluding steroid dienone is 1. The van der Waals surface area contributed by atoms with Crippen LogP contribution in [0.25, 0.3) is 10.9 Å². The van der Waals surface area contributed by atoms with E-state index in [4.69, 9.17) is 27.9 Å². The zero-order chi connectivity index (χ0) is 22.7. The molecule has 2 heterocycles. The second-order valence-electron chi connectivity index (χ2n) is 7.18. The molecule has 3 aromatic rings. The molecule has 7 nitrogen and oxygen atoms in total. The standard InChI is InChI=1S/C23H20Cl2N4O3/c1-2-18(30)16-7-8-19(22(25)21(16)24)32-13-20(31)28-9-11-29(12-10-28)23-15-5-3-4-6-17(15)26-14-27-23/h2-8,14H,1,9-13H2. The molecule has 0 radical (unpaired) electrons. The van der Waals surface area contributed by atoms with Crippen LogP contribution in [0.1, 0.15) is 10.4 Å². The number of carbonyl (C=O) groups excluding carboxylic acids is 2. The summed E-state index contributed by atoms with van der Waals surface area (Å²) in [6.07, 6.45) is 2.72. The highest BCUT2D eigenvalue weighted by molar-refractivity contribution is 6.45. The zero-order valence-electron chi connectivity index (χ0n) is 17.1. The van der Waals surface area contributed by atoms with Crippen LogP contribution in [0.5, 0.6) is 5.75 Å². The molecular weight excluding hydrogens is 451 g/mol. The smallest absolute Gasteiger partial charge is 0.260 e. The molecule has 1 fully saturated rings. The van der Waals surface area contributed by atoms with E-state index in [-0.39, 0.29) is 39.7 Å². The molecule has 1 aliphatic heterocycles. The highest BCUT2D eigenvalue weighted by Crippen LogP contribution is 2.35. The average molecular weight is 471 g/mol. The van der Waals surface area contributed by atoms with E-state index in [1.54, 1.807) is 11.2 Å². The van der Waals surface area contributed by atoms with Crippen molar-refractivity contribution in [2.24, 2.45) is 0 Å². The fourth-order valence-electron chi connectivity index (χ4n) is 3.58. The fourth-order valence-corrected chi connectivity index (χ4v) is 4.05. The minimum Gasteiger partial charge on any atom is -0.482 e. The second kappa shape index (κ2) is 9.54. The first-order valence-corrected chi connectivity index (χ1v) is 10.7. The third kappa shape index (κ3) is 4.40. The monoisotopic (exact) mass is 470 g/mol. The molecule has 1 saturated heterocycles. The van der Waals surface area contributed by atoms with Crippen LogP contribution >= 0.6 is 23.2 Å². The van der Waals surface area contributed by atoms with Gasteiger partial charge >= 0.3 is 0 Å². The van der Waals surface area contributed by atoms with E-state index >= 15 is 0 Å². The summed E-state index contributed by atoms with van der Waals surface area (Å²) in [5, 5.41) is 1.16. The van der Waals surface area contributed by atoms with E-state index in [0.717, 1.165) is 22.8 Å². The van der Waals surface area contributed by atoms with Gasteiger partial charge in [-0.05, 0) is 30.3 Å². The van der Waals surface area contributed by atoms with Gasteiger partial charge in [0.15, 0.2) is 12.4 Å². The van der Waals surface area contributed by atoms with Gasteiger partial charge in [0.05, 0.1) is 10.5 Å². The van der Waals surface area contributed by atoms with Gasteiger partial charge in [-0.2, -0.15) is 0 Å². The molecule has 0 N–H and O–H groups in total. The Balaban J connectivity index is 1.37. The molecule has 32 heavy (non-hydrogen) atoms. The number of rotatable bonds is 6. The van der Waals surface area contributed by atoms with E-state index in [1.165, 1.54) is 12.1 Å². The van der Waals surface area contributed by atoms with E-state index < -0.39 is 0 Å². The van der Waals surface area contributed by atoms with Crippen molar-refractivity contribution in [1.29, 1.82) is 0 Å². The van der Waals surface area contributed by atoms with E-state index in [1.807, 2.05) is 24.3 Å². The first-order valence-electron chi connectivity index (χ1n) is 9.99. The van der Waals surface area contributed by atoms with Gasteiger partial charge in [-0.25, -0.2) is 9.97 Å². The molecule has 1 aromatic heterocycles. The maximum atomic E-state index is 12.7. The van der Waals surface area contributed by atoms with Crippen molar-refractivity contribution in [3.63, 3.8) is 0 Å². The van der Waals surface area contributed by atoms with Gasteiger partial charge in [0.25, 0.3) is 5.91 Å². The lowest BCUT2D eigenvalue weighted by molar-refractivity contribution is -0.133. The number of hydrogen-bond donors (Lipinski definition) is 0. The molecule has 1 amide bonds. The van der Waals surface area contributed by atoms with Gasteiger partial charge in [0.2, 0.25) is 0 Å². The van der Waals surface area contributed by atoms with E-state index in [2.05, 4.69) is 21.4 Å². The molecule has 0 atom stereocenters. The Morgan fingerprint density at radius 3 is 2.53 bits per heavy atom. The number of benzene rings is 2. The summed E-state index contributed by atoms with van der Waals surface area (Å²) in [4.78, 5) is 37.1. The molecule has 0 saturated carbocycles. The lowest BCUT2D eigenvalue weighted by Gasteiger charge is -2.35. The summed E-state index contributed by atoms with van der Waals surface area (Å²) in [5.41, 5.74) is 1.12. The molecule has 0 aliphatic carbocycles. The minimum atomic E-state index is -0.339. The number of halogens is 2. The Kier molecular flexibility index (Phi) is 6.58. The predicted molar refractivity (Wildman–Crippen MR) is 125 cm³/mol. The quantitative estimate of drug-likeness (QED) is 0.399. The zero-order valence-corrected chi connectivity index (χ0v) is 18.6. The Morgan fingerprint density at radius 2 is 1.78 bits per heavy atom. The lowest BCUT2D eigenvalue weighted by atomic mass is 10.1. The molecule has 9 heteroatoms. The van der Waals surface area contributed by atoms with Crippen LogP contribution in [0, 0.1) is 0 Å². The molecule has 0 bridgehead atoms. The number of nitrogens with zero attached hydrogens (tertiary/aromatic N) is 4. The highest BCUT2D eigenvalue weighted by Gasteiger charge is 2.24. The number of hydrogen-bond acceptors (Lipinski definition) is 6. The number of aromatic nitrogens is 2. The van der Waals surface area contributed by atoms with Crippen molar-refractivity contribution in [2.45, 2.75) is 0 Å². The topological polar surface area (TPSA) is 75.6 Å². The minimum absolute atomic E-state index is 0.0761. The highest BCUT2D eigenvalue weighted by atomic mass is 35.5. The van der Waals surface area contributed by atoms with Crippen LogP contribution in [-0.2, 0) is 4.79 Å². The van der Waals surface area contributed by atoms with Crippen LogP contribution < -0.4 is 9.64 Å². The number of amides is 1. The fraction of sp³-hybridized carbons (Fsp3) is 0.217. The van der Waals surface area contributed by atoms with Crippen LogP contribution in [0.3, 0.4) is 0 Å². The molecule has 0 spiro atoms. The SMILES string of the molecule is C=CC(=O)c1ccc(OCC(=O)N2CCN(c3ncnc4ccccc34)CC2)c(Cl)c1Cl. The van der Waals surface area contributed by atoms with Gasteiger partial charge < -0.3 is 14.5 Å². The van der Waals surface area contributed by atoms with E-state index in [9.17, 15) is 9.59 Å². The van der Waals surface area contributed by atoms with Gasteiger partial charge in [-0.1, -0.05) is 41.9 Å². The van der Waals surface area contributed by atoms with Crippen molar-refractivity contribution in [1.82, 2.24) is 14.9 Å². The molecule has 4 rings (SSSR count). The third-order valence-electron chi connectivity index (χ3n) is 5.30. The van der Waals surface area contributed by atoms with Crippen molar-refractivity contribution < 1.29 is 14.3 Å². The number of piperazine rings is 1. The van der Waals surface area contributed by atoms with Gasteiger partial charge in [-0.3, -0.25) is 9.59 Å². The number of fused-ring (bicyclic) bond motifs is 1. The molecule has 164 valence electrons. The van der Waals surface area contributed by atoms with Gasteiger partial charge in [0.1, 0.15) is 22.9 Å². The van der Waals surface area contributed by atoms with Crippen molar-refractivity contribution in [2.75, 3.05) is 37.7 Å². The van der Waals surface area contributed by atoms with Crippen molar-refractivity contribution in [3.8, 4) is 5.75 Å². The summed E-state index contributed by atoms with van der Waals surface area (Å²) < 4.78 is 5.59. The van der Waals surface area contributed by atoms with Gasteiger partial charge in [-0.15, -0.1) is 0 Å². The molecule has 0 unspecified atom stereocenters. The number of carbonyl (C=O) groups is 2. The lowest BCUT2D eigenvalue weighted by Crippen LogP contribution is -2.50. The molecule has 1 aliphatic rings. The molecule has 2 aromatic carbocycles. The summed E-state index contributed by atoms with van der Waals surface area (Å²) in [5.74, 6) is 0.621. The summed E-state index contributed by atoms with van der Waals surface area (Å²) >= 11 is 12.4. The first kappa shape index (κ1) is 22.0. The first-order chi connectivity index (χ1) is 15.5. The van der Waals surface area contributed by atoms with Crippen LogP contribution in [0.2, 0.25) is 10.0 Å². The maximum Gasteiger partial charge on any atom is 0.260 e. The largest absolute Gasteiger partial charge is 0.482 e. The summed E-state index contributed by atoms with van der Waals surface area (Å²) in [6.45, 7) is 5.65. The summed E-state index contributed by atoms with van der Waals surface area (Å²) in [6, 6.07) is 10.9. The summed E-state index contributed by atoms with van der Waals surface area (Å²) in [7, 11) is 0. The Bertz CT molecular complexity index is 1190. The van der Waals surface area contributed by atoms with E-state index in [0.29, 0.717) is 26.2 Å². The third-order valence-corrected chi connectivity index (χ3v) is 6.17. The van der Waals surface area contributed by atoms with Gasteiger partial charge in [0, 0.05) is 37.1 Å². The normalized spacial score (nSPS) is 13.8. The van der Waals surface area contributed by atoms with Crippen LogP contribution in [0.4, 0.5) is 5.82 Å². The van der Waals surface area contributed by atoms with Crippen LogP contribution in [-0.4, -0.2) is 59.3 Å². The van der Waals surface area contributed by atoms with Crippen LogP contribution in [0.15, 0.2) is 55.4 Å². The number of ether oxygens (including phenoxy) is 1. The van der Waals surface area contributed by atoms with Crippen molar-refractivity contribution in [3.05, 3.63) is 71.0 Å². The maximum absolute atomic E-state index is 12.7. The predicted octanol–water partition coefficient (Wildman–Crippen LogP) is 4.03. The Morgan fingerprint density at radius 1 is 1.03 bits per heavy atom. The molecular formula is C23H20Cl2N4O3. The Hall–Kier alpha value is -3.16. The van der Waals surface area contributed by atoms with Crippen molar-refractivity contribution >= 4 is 51.6 Å². The second-order valence-corrected chi connectivity index (χ2v) is 7.93.